The second-order valence-electron chi connectivity index (χ2n) is 5.60. The molecular weight excluding hydrogens is 300 g/mol. The number of allylic oxidation sites excluding steroid dienone is 2. The van der Waals surface area contributed by atoms with E-state index in [4.69, 9.17) is 0 Å². The fourth-order valence-corrected chi connectivity index (χ4v) is 2.65. The zero-order chi connectivity index (χ0) is 16.9. The predicted octanol–water partition coefficient (Wildman–Crippen LogP) is 3.12. The van der Waals surface area contributed by atoms with Crippen molar-refractivity contribution in [2.75, 3.05) is 0 Å². The Labute approximate surface area is 140 Å². The summed E-state index contributed by atoms with van der Waals surface area (Å²) >= 11 is 0. The summed E-state index contributed by atoms with van der Waals surface area (Å²) in [6.45, 7) is 1.49. The molecule has 0 amide bonds. The molecule has 0 spiro atoms. The number of nitrogens with one attached hydrogen (secondary N) is 2. The molecule has 3 rings (SSSR count). The van der Waals surface area contributed by atoms with Crippen molar-refractivity contribution >= 4 is 11.6 Å². The molecule has 1 aliphatic rings. The molecule has 24 heavy (non-hydrogen) atoms. The number of carbonyl (C=O) groups excluding carboxylic acids is 2. The number of ketones is 2. The molecule has 2 aromatic rings. The van der Waals surface area contributed by atoms with Crippen molar-refractivity contribution in [2.45, 2.75) is 13.0 Å². The van der Waals surface area contributed by atoms with E-state index in [0.29, 0.717) is 17.0 Å². The van der Waals surface area contributed by atoms with Gasteiger partial charge in [-0.1, -0.05) is 60.7 Å². The molecule has 1 heterocycles. The Morgan fingerprint density at radius 2 is 1.58 bits per heavy atom. The van der Waals surface area contributed by atoms with Crippen LogP contribution >= 0.6 is 0 Å². The Morgan fingerprint density at radius 1 is 0.958 bits per heavy atom. The van der Waals surface area contributed by atoms with Gasteiger partial charge in [0.2, 0.25) is 5.78 Å². The summed E-state index contributed by atoms with van der Waals surface area (Å²) in [5.74, 6) is -0.197. The highest BCUT2D eigenvalue weighted by Crippen LogP contribution is 2.24. The molecular formula is C20H18N2O2. The second kappa shape index (κ2) is 6.96. The predicted molar refractivity (Wildman–Crippen MR) is 93.1 cm³/mol. The molecule has 1 atom stereocenters. The van der Waals surface area contributed by atoms with Gasteiger partial charge in [-0.2, -0.15) is 0 Å². The van der Waals surface area contributed by atoms with Crippen molar-refractivity contribution in [1.82, 2.24) is 10.6 Å². The van der Waals surface area contributed by atoms with Gasteiger partial charge in [0.1, 0.15) is 5.70 Å². The molecule has 0 bridgehead atoms. The van der Waals surface area contributed by atoms with Crippen molar-refractivity contribution in [1.29, 1.82) is 0 Å². The van der Waals surface area contributed by atoms with Gasteiger partial charge < -0.3 is 10.6 Å². The van der Waals surface area contributed by atoms with Gasteiger partial charge in [0.25, 0.3) is 0 Å². The number of Topliss-reactive ketones (excluding diaryl/α,β-unsaturated/α-hetero) is 1. The van der Waals surface area contributed by atoms with Crippen molar-refractivity contribution in [3.05, 3.63) is 95.5 Å². The summed E-state index contributed by atoms with van der Waals surface area (Å²) in [4.78, 5) is 24.2. The van der Waals surface area contributed by atoms with Crippen molar-refractivity contribution in [2.24, 2.45) is 0 Å². The normalized spacial score (nSPS) is 18.3. The van der Waals surface area contributed by atoms with Gasteiger partial charge in [0.15, 0.2) is 5.78 Å². The maximum atomic E-state index is 12.6. The van der Waals surface area contributed by atoms with E-state index in [-0.39, 0.29) is 17.6 Å². The maximum absolute atomic E-state index is 12.6. The van der Waals surface area contributed by atoms with Crippen LogP contribution in [0.3, 0.4) is 0 Å². The first-order chi connectivity index (χ1) is 11.6. The molecule has 0 unspecified atom stereocenters. The van der Waals surface area contributed by atoms with Crippen LogP contribution in [-0.4, -0.2) is 11.6 Å². The minimum Gasteiger partial charge on any atom is -0.377 e. The molecule has 1 aliphatic heterocycles. The standard InChI is InChI=1S/C20H18N2O2/c1-14(23)12-17-19(15-8-4-2-5-9-15)21-13-18(22-17)20(24)16-10-6-3-7-11-16/h2-13,19,21-22H,1H3/b17-12+/t19-/m1/s1. The summed E-state index contributed by atoms with van der Waals surface area (Å²) in [6.07, 6.45) is 3.19. The van der Waals surface area contributed by atoms with Crippen LogP contribution in [0.25, 0.3) is 0 Å². The highest BCUT2D eigenvalue weighted by molar-refractivity contribution is 6.08. The second-order valence-corrected chi connectivity index (χ2v) is 5.60. The van der Waals surface area contributed by atoms with Crippen LogP contribution in [0.2, 0.25) is 0 Å². The van der Waals surface area contributed by atoms with E-state index >= 15 is 0 Å². The van der Waals surface area contributed by atoms with Crippen LogP contribution in [0.15, 0.2) is 84.3 Å². The summed E-state index contributed by atoms with van der Waals surface area (Å²) in [5.41, 5.74) is 2.69. The quantitative estimate of drug-likeness (QED) is 0.672. The van der Waals surface area contributed by atoms with Gasteiger partial charge in [-0.15, -0.1) is 0 Å². The third-order valence-corrected chi connectivity index (χ3v) is 3.76. The molecule has 0 radical (unpaired) electrons. The lowest BCUT2D eigenvalue weighted by Crippen LogP contribution is -2.36. The topological polar surface area (TPSA) is 58.2 Å². The smallest absolute Gasteiger partial charge is 0.210 e. The van der Waals surface area contributed by atoms with Crippen LogP contribution in [-0.2, 0) is 4.79 Å². The van der Waals surface area contributed by atoms with Gasteiger partial charge in [0.05, 0.1) is 6.04 Å². The maximum Gasteiger partial charge on any atom is 0.210 e. The number of benzene rings is 2. The molecule has 2 aromatic carbocycles. The summed E-state index contributed by atoms with van der Waals surface area (Å²) in [6, 6.07) is 18.6. The molecule has 4 heteroatoms. The van der Waals surface area contributed by atoms with Crippen LogP contribution in [0.4, 0.5) is 0 Å². The summed E-state index contributed by atoms with van der Waals surface area (Å²) in [7, 11) is 0. The van der Waals surface area contributed by atoms with Crippen LogP contribution in [0.1, 0.15) is 28.9 Å². The Balaban J connectivity index is 1.92. The number of hydrogen-bond donors (Lipinski definition) is 2. The van der Waals surface area contributed by atoms with Gasteiger partial charge >= 0.3 is 0 Å². The first-order valence-electron chi connectivity index (χ1n) is 7.75. The van der Waals surface area contributed by atoms with E-state index in [2.05, 4.69) is 10.6 Å². The van der Waals surface area contributed by atoms with E-state index in [9.17, 15) is 9.59 Å². The molecule has 120 valence electrons. The lowest BCUT2D eigenvalue weighted by molar-refractivity contribution is -0.112. The fraction of sp³-hybridized carbons (Fsp3) is 0.100. The minimum absolute atomic E-state index is 0.0753. The Hall–Kier alpha value is -3.14. The van der Waals surface area contributed by atoms with Gasteiger partial charge in [-0.3, -0.25) is 9.59 Å². The molecule has 0 saturated heterocycles. The van der Waals surface area contributed by atoms with Gasteiger partial charge in [-0.05, 0) is 12.5 Å². The Kier molecular flexibility index (Phi) is 4.57. The lowest BCUT2D eigenvalue weighted by Gasteiger charge is -2.28. The lowest BCUT2D eigenvalue weighted by atomic mass is 9.99. The van der Waals surface area contributed by atoms with Gasteiger partial charge in [-0.25, -0.2) is 0 Å². The van der Waals surface area contributed by atoms with E-state index in [0.717, 1.165) is 5.56 Å². The van der Waals surface area contributed by atoms with Crippen molar-refractivity contribution in [3.8, 4) is 0 Å². The third-order valence-electron chi connectivity index (χ3n) is 3.76. The largest absolute Gasteiger partial charge is 0.377 e. The number of rotatable bonds is 4. The number of carbonyl (C=O) groups is 2. The summed E-state index contributed by atoms with van der Waals surface area (Å²) < 4.78 is 0. The zero-order valence-corrected chi connectivity index (χ0v) is 13.3. The van der Waals surface area contributed by atoms with Crippen LogP contribution in [0.5, 0.6) is 0 Å². The summed E-state index contributed by atoms with van der Waals surface area (Å²) in [5, 5.41) is 6.35. The first kappa shape index (κ1) is 15.7. The van der Waals surface area contributed by atoms with Gasteiger partial charge in [0, 0.05) is 23.5 Å². The van der Waals surface area contributed by atoms with E-state index in [1.165, 1.54) is 13.0 Å². The molecule has 2 N–H and O–H groups in total. The van der Waals surface area contributed by atoms with Crippen LogP contribution < -0.4 is 10.6 Å². The zero-order valence-electron chi connectivity index (χ0n) is 13.3. The minimum atomic E-state index is -0.192. The van der Waals surface area contributed by atoms with E-state index in [1.807, 2.05) is 48.5 Å². The molecule has 0 aromatic heterocycles. The molecule has 0 saturated carbocycles. The SMILES string of the molecule is CC(=O)/C=C1/NC(C(=O)c2ccccc2)=CN[C@@H]1c1ccccc1. The third kappa shape index (κ3) is 3.43. The van der Waals surface area contributed by atoms with E-state index in [1.54, 1.807) is 18.3 Å². The average molecular weight is 318 g/mol. The highest BCUT2D eigenvalue weighted by Gasteiger charge is 2.24. The first-order valence-corrected chi connectivity index (χ1v) is 7.75. The molecule has 0 fully saturated rings. The number of hydrogen-bond acceptors (Lipinski definition) is 4. The molecule has 4 nitrogen and oxygen atoms in total. The molecule has 0 aliphatic carbocycles. The average Bonchev–Trinajstić information content (AvgIpc) is 2.62. The van der Waals surface area contributed by atoms with E-state index < -0.39 is 0 Å². The Bertz CT molecular complexity index is 808. The van der Waals surface area contributed by atoms with Crippen molar-refractivity contribution in [3.63, 3.8) is 0 Å². The Morgan fingerprint density at radius 3 is 2.21 bits per heavy atom. The van der Waals surface area contributed by atoms with Crippen molar-refractivity contribution < 1.29 is 9.59 Å². The highest BCUT2D eigenvalue weighted by atomic mass is 16.1. The van der Waals surface area contributed by atoms with Crippen LogP contribution in [0, 0.1) is 0 Å². The monoisotopic (exact) mass is 318 g/mol. The fourth-order valence-electron chi connectivity index (χ4n) is 2.65.